The van der Waals surface area contributed by atoms with Gasteiger partial charge in [-0.1, -0.05) is 11.6 Å². The first-order chi connectivity index (χ1) is 6.98. The fourth-order valence-corrected chi connectivity index (χ4v) is 1.56. The Morgan fingerprint density at radius 2 is 2.20 bits per heavy atom. The number of ether oxygens (including phenoxy) is 1. The van der Waals surface area contributed by atoms with Gasteiger partial charge in [0.25, 0.3) is 0 Å². The average molecular weight is 228 g/mol. The van der Waals surface area contributed by atoms with Crippen molar-refractivity contribution >= 4 is 17.5 Å². The average Bonchev–Trinajstić information content (AvgIpc) is 2.50. The van der Waals surface area contributed by atoms with E-state index < -0.39 is 0 Å². The molecule has 0 saturated carbocycles. The van der Waals surface area contributed by atoms with Gasteiger partial charge in [-0.2, -0.15) is 0 Å². The van der Waals surface area contributed by atoms with Crippen molar-refractivity contribution in [3.8, 4) is 0 Å². The largest absolute Gasteiger partial charge is 0.475 e. The van der Waals surface area contributed by atoms with Crippen molar-refractivity contribution in [2.75, 3.05) is 6.61 Å². The molecule has 0 fully saturated rings. The van der Waals surface area contributed by atoms with Crippen molar-refractivity contribution in [2.45, 2.75) is 19.4 Å². The van der Waals surface area contributed by atoms with E-state index in [1.165, 1.54) is 18.2 Å². The highest BCUT2D eigenvalue weighted by molar-refractivity contribution is 6.31. The van der Waals surface area contributed by atoms with Crippen molar-refractivity contribution in [1.29, 1.82) is 0 Å². The maximum absolute atomic E-state index is 13.5. The van der Waals surface area contributed by atoms with Crippen LogP contribution in [0.3, 0.4) is 0 Å². The summed E-state index contributed by atoms with van der Waals surface area (Å²) in [6.45, 7) is 4.33. The Morgan fingerprint density at radius 1 is 1.47 bits per heavy atom. The van der Waals surface area contributed by atoms with E-state index in [1.54, 1.807) is 0 Å². The summed E-state index contributed by atoms with van der Waals surface area (Å²) < 4.78 is 18.8. The fraction of sp³-hybridized carbons (Fsp3) is 0.364. The van der Waals surface area contributed by atoms with Gasteiger partial charge in [0.15, 0.2) is 0 Å². The summed E-state index contributed by atoms with van der Waals surface area (Å²) in [4.78, 5) is 4.29. The summed E-state index contributed by atoms with van der Waals surface area (Å²) in [6.07, 6.45) is 0. The third-order valence-electron chi connectivity index (χ3n) is 2.13. The molecule has 0 aromatic heterocycles. The summed E-state index contributed by atoms with van der Waals surface area (Å²) in [5.74, 6) is -0.0316. The second-order valence-electron chi connectivity index (χ2n) is 4.14. The van der Waals surface area contributed by atoms with Crippen LogP contribution in [0.1, 0.15) is 19.4 Å². The predicted octanol–water partition coefficient (Wildman–Crippen LogP) is 3.03. The first kappa shape index (κ1) is 10.4. The molecule has 0 aliphatic carbocycles. The van der Waals surface area contributed by atoms with Crippen LogP contribution >= 0.6 is 11.6 Å². The Morgan fingerprint density at radius 3 is 2.80 bits per heavy atom. The van der Waals surface area contributed by atoms with Crippen LogP contribution in [0.15, 0.2) is 23.2 Å². The smallest absolute Gasteiger partial charge is 0.219 e. The third kappa shape index (κ3) is 2.12. The molecule has 0 N–H and O–H groups in total. The molecule has 15 heavy (non-hydrogen) atoms. The van der Waals surface area contributed by atoms with Gasteiger partial charge in [0.05, 0.1) is 11.1 Å². The fourth-order valence-electron chi connectivity index (χ4n) is 1.38. The summed E-state index contributed by atoms with van der Waals surface area (Å²) in [5, 5.41) is 0.474. The second kappa shape index (κ2) is 3.49. The number of aliphatic imine (C=N–C) groups is 1. The Bertz CT molecular complexity index is 429. The minimum atomic E-state index is -0.365. The SMILES string of the molecule is CC1(C)COC(c2cc(Cl)ccc2F)=N1. The van der Waals surface area contributed by atoms with E-state index in [9.17, 15) is 4.39 Å². The van der Waals surface area contributed by atoms with Crippen LogP contribution < -0.4 is 0 Å². The molecule has 0 unspecified atom stereocenters. The van der Waals surface area contributed by atoms with Crippen LogP contribution in [-0.2, 0) is 4.74 Å². The van der Waals surface area contributed by atoms with Gasteiger partial charge in [0.1, 0.15) is 12.4 Å². The monoisotopic (exact) mass is 227 g/mol. The van der Waals surface area contributed by atoms with Crippen LogP contribution in [0.5, 0.6) is 0 Å². The number of nitrogens with zero attached hydrogens (tertiary/aromatic N) is 1. The van der Waals surface area contributed by atoms with Crippen LogP contribution in [-0.4, -0.2) is 18.0 Å². The zero-order valence-electron chi connectivity index (χ0n) is 8.55. The molecule has 4 heteroatoms. The molecule has 0 saturated heterocycles. The second-order valence-corrected chi connectivity index (χ2v) is 4.58. The van der Waals surface area contributed by atoms with E-state index in [1.807, 2.05) is 13.8 Å². The maximum Gasteiger partial charge on any atom is 0.219 e. The molecule has 1 aliphatic heterocycles. The predicted molar refractivity (Wildman–Crippen MR) is 58.0 cm³/mol. The summed E-state index contributed by atoms with van der Waals surface area (Å²) in [6, 6.07) is 4.34. The molecule has 2 nitrogen and oxygen atoms in total. The van der Waals surface area contributed by atoms with Crippen LogP contribution in [0, 0.1) is 5.82 Å². The normalized spacial score (nSPS) is 18.5. The molecular weight excluding hydrogens is 217 g/mol. The van der Waals surface area contributed by atoms with E-state index in [4.69, 9.17) is 16.3 Å². The topological polar surface area (TPSA) is 21.6 Å². The summed E-state index contributed by atoms with van der Waals surface area (Å²) in [7, 11) is 0. The Hall–Kier alpha value is -1.09. The Kier molecular flexibility index (Phi) is 2.43. The highest BCUT2D eigenvalue weighted by atomic mass is 35.5. The minimum absolute atomic E-state index is 0.288. The molecular formula is C11H11ClFNO. The molecule has 0 amide bonds. The number of halogens is 2. The molecule has 0 radical (unpaired) electrons. The number of rotatable bonds is 1. The molecule has 1 aromatic carbocycles. The van der Waals surface area contributed by atoms with Gasteiger partial charge in [-0.05, 0) is 32.0 Å². The van der Waals surface area contributed by atoms with Crippen LogP contribution in [0.25, 0.3) is 0 Å². The number of benzene rings is 1. The number of hydrogen-bond donors (Lipinski definition) is 0. The zero-order chi connectivity index (χ0) is 11.1. The molecule has 0 bridgehead atoms. The molecule has 1 aliphatic rings. The van der Waals surface area contributed by atoms with Gasteiger partial charge >= 0.3 is 0 Å². The summed E-state index contributed by atoms with van der Waals surface area (Å²) in [5.41, 5.74) is 0.0393. The lowest BCUT2D eigenvalue weighted by Gasteiger charge is -2.07. The van der Waals surface area contributed by atoms with Gasteiger partial charge < -0.3 is 4.74 Å². The van der Waals surface area contributed by atoms with Gasteiger partial charge in [0.2, 0.25) is 5.90 Å². The van der Waals surface area contributed by atoms with E-state index in [-0.39, 0.29) is 11.4 Å². The quantitative estimate of drug-likeness (QED) is 0.723. The van der Waals surface area contributed by atoms with Gasteiger partial charge in [-0.15, -0.1) is 0 Å². The Labute approximate surface area is 92.7 Å². The van der Waals surface area contributed by atoms with Crippen molar-refractivity contribution < 1.29 is 9.13 Å². The molecule has 1 heterocycles. The minimum Gasteiger partial charge on any atom is -0.475 e. The van der Waals surface area contributed by atoms with E-state index >= 15 is 0 Å². The molecule has 2 rings (SSSR count). The highest BCUT2D eigenvalue weighted by Crippen LogP contribution is 2.23. The lowest BCUT2D eigenvalue weighted by molar-refractivity contribution is 0.279. The maximum atomic E-state index is 13.5. The Balaban J connectivity index is 2.43. The molecule has 0 spiro atoms. The lowest BCUT2D eigenvalue weighted by Crippen LogP contribution is -2.17. The third-order valence-corrected chi connectivity index (χ3v) is 2.36. The van der Waals surface area contributed by atoms with E-state index in [0.717, 1.165) is 0 Å². The van der Waals surface area contributed by atoms with Gasteiger partial charge in [-0.25, -0.2) is 9.38 Å². The standard InChI is InChI=1S/C11H11ClFNO/c1-11(2)6-15-10(14-11)8-5-7(12)3-4-9(8)13/h3-5H,6H2,1-2H3. The lowest BCUT2D eigenvalue weighted by atomic mass is 10.1. The van der Waals surface area contributed by atoms with Crippen molar-refractivity contribution in [3.05, 3.63) is 34.6 Å². The van der Waals surface area contributed by atoms with Crippen molar-refractivity contribution in [2.24, 2.45) is 4.99 Å². The first-order valence-electron chi connectivity index (χ1n) is 4.66. The first-order valence-corrected chi connectivity index (χ1v) is 5.04. The van der Waals surface area contributed by atoms with Crippen LogP contribution in [0.4, 0.5) is 4.39 Å². The number of hydrogen-bond acceptors (Lipinski definition) is 2. The van der Waals surface area contributed by atoms with Crippen molar-refractivity contribution in [3.63, 3.8) is 0 Å². The molecule has 0 atom stereocenters. The summed E-state index contributed by atoms with van der Waals surface area (Å²) >= 11 is 5.79. The van der Waals surface area contributed by atoms with Crippen molar-refractivity contribution in [1.82, 2.24) is 0 Å². The van der Waals surface area contributed by atoms with E-state index in [0.29, 0.717) is 23.1 Å². The molecule has 80 valence electrons. The highest BCUT2D eigenvalue weighted by Gasteiger charge is 2.28. The molecule has 1 aromatic rings. The van der Waals surface area contributed by atoms with Crippen LogP contribution in [0.2, 0.25) is 5.02 Å². The van der Waals surface area contributed by atoms with Gasteiger partial charge in [0, 0.05) is 5.02 Å². The zero-order valence-corrected chi connectivity index (χ0v) is 9.31. The van der Waals surface area contributed by atoms with E-state index in [2.05, 4.69) is 4.99 Å². The van der Waals surface area contributed by atoms with Gasteiger partial charge in [-0.3, -0.25) is 0 Å².